The van der Waals surface area contributed by atoms with Gasteiger partial charge in [0.15, 0.2) is 0 Å². The number of rotatable bonds is 5. The van der Waals surface area contributed by atoms with Crippen molar-refractivity contribution in [2.24, 2.45) is 0 Å². The molecule has 2 rings (SSSR count). The Morgan fingerprint density at radius 1 is 1.26 bits per heavy atom. The van der Waals surface area contributed by atoms with Crippen molar-refractivity contribution in [3.8, 4) is 0 Å². The van der Waals surface area contributed by atoms with Gasteiger partial charge in [-0.3, -0.25) is 0 Å². The average molecular weight is 372 g/mol. The summed E-state index contributed by atoms with van der Waals surface area (Å²) in [5.41, 5.74) is 0.754. The minimum Gasteiger partial charge on any atom is -0.369 e. The van der Waals surface area contributed by atoms with E-state index in [1.807, 2.05) is 0 Å². The molecule has 0 amide bonds. The van der Waals surface area contributed by atoms with Crippen LogP contribution in [0.15, 0.2) is 30.5 Å². The smallest absolute Gasteiger partial charge is 0.229 e. The third kappa shape index (κ3) is 4.02. The molecule has 0 fully saturated rings. The van der Waals surface area contributed by atoms with Gasteiger partial charge in [-0.15, -0.1) is 0 Å². The van der Waals surface area contributed by atoms with Crippen molar-refractivity contribution in [1.82, 2.24) is 9.97 Å². The molecule has 1 aromatic carbocycles. The number of halogens is 2. The fraction of sp³-hybridized carbons (Fsp3) is 0.231. The number of aromatic nitrogens is 2. The Balaban J connectivity index is 2.14. The maximum absolute atomic E-state index is 12.8. The van der Waals surface area contributed by atoms with Gasteiger partial charge in [0.2, 0.25) is 5.95 Å². The van der Waals surface area contributed by atoms with E-state index in [4.69, 9.17) is 0 Å². The molecule has 0 spiro atoms. The summed E-state index contributed by atoms with van der Waals surface area (Å²) in [6.45, 7) is 2.96. The van der Waals surface area contributed by atoms with E-state index in [0.29, 0.717) is 5.95 Å². The van der Waals surface area contributed by atoms with E-state index in [1.165, 1.54) is 12.1 Å². The second-order valence-electron chi connectivity index (χ2n) is 3.95. The third-order valence-electron chi connectivity index (χ3n) is 2.39. The molecular formula is C13H14FIN4. The molecule has 0 unspecified atom stereocenters. The molecule has 0 bridgehead atoms. The number of nitrogens with zero attached hydrogens (tertiary/aromatic N) is 2. The van der Waals surface area contributed by atoms with Crippen molar-refractivity contribution in [3.63, 3.8) is 0 Å². The summed E-state index contributed by atoms with van der Waals surface area (Å²) in [5, 5.41) is 6.28. The van der Waals surface area contributed by atoms with Crippen LogP contribution in [0.1, 0.15) is 13.3 Å². The van der Waals surface area contributed by atoms with Crippen LogP contribution in [0, 0.1) is 9.39 Å². The van der Waals surface area contributed by atoms with Crippen molar-refractivity contribution < 1.29 is 4.39 Å². The summed E-state index contributed by atoms with van der Waals surface area (Å²) in [5.74, 6) is 1.03. The van der Waals surface area contributed by atoms with Crippen molar-refractivity contribution in [3.05, 3.63) is 39.8 Å². The molecule has 1 aromatic heterocycles. The molecule has 0 atom stereocenters. The molecule has 4 nitrogen and oxygen atoms in total. The van der Waals surface area contributed by atoms with E-state index in [0.717, 1.165) is 28.0 Å². The van der Waals surface area contributed by atoms with Gasteiger partial charge in [0, 0.05) is 18.4 Å². The number of hydrogen-bond acceptors (Lipinski definition) is 4. The predicted molar refractivity (Wildman–Crippen MR) is 83.2 cm³/mol. The Morgan fingerprint density at radius 3 is 2.68 bits per heavy atom. The van der Waals surface area contributed by atoms with Gasteiger partial charge in [-0.1, -0.05) is 6.92 Å². The summed E-state index contributed by atoms with van der Waals surface area (Å²) in [7, 11) is 0. The lowest BCUT2D eigenvalue weighted by molar-refractivity contribution is 0.628. The van der Waals surface area contributed by atoms with Gasteiger partial charge in [0.25, 0.3) is 0 Å². The zero-order chi connectivity index (χ0) is 13.7. The van der Waals surface area contributed by atoms with Crippen LogP contribution in [-0.2, 0) is 0 Å². The quantitative estimate of drug-likeness (QED) is 0.785. The molecule has 19 heavy (non-hydrogen) atoms. The van der Waals surface area contributed by atoms with Gasteiger partial charge < -0.3 is 10.6 Å². The maximum Gasteiger partial charge on any atom is 0.229 e. The van der Waals surface area contributed by atoms with Gasteiger partial charge in [-0.25, -0.2) is 9.37 Å². The minimum absolute atomic E-state index is 0.264. The lowest BCUT2D eigenvalue weighted by Gasteiger charge is -2.09. The van der Waals surface area contributed by atoms with Crippen LogP contribution in [0.2, 0.25) is 0 Å². The minimum atomic E-state index is -0.264. The van der Waals surface area contributed by atoms with Gasteiger partial charge >= 0.3 is 0 Å². The highest BCUT2D eigenvalue weighted by Gasteiger charge is 2.04. The Kier molecular flexibility index (Phi) is 4.89. The molecule has 0 aliphatic rings. The molecule has 100 valence electrons. The Bertz CT molecular complexity index is 545. The van der Waals surface area contributed by atoms with E-state index in [-0.39, 0.29) is 5.82 Å². The van der Waals surface area contributed by atoms with Crippen LogP contribution in [0.25, 0.3) is 0 Å². The average Bonchev–Trinajstić information content (AvgIpc) is 2.42. The molecule has 0 aliphatic carbocycles. The van der Waals surface area contributed by atoms with E-state index in [2.05, 4.69) is 50.1 Å². The summed E-state index contributed by atoms with van der Waals surface area (Å²) in [4.78, 5) is 8.59. The Labute approximate surface area is 125 Å². The Morgan fingerprint density at radius 2 is 2.00 bits per heavy atom. The molecule has 6 heteroatoms. The second-order valence-corrected chi connectivity index (χ2v) is 5.11. The number of anilines is 3. The van der Waals surface area contributed by atoms with Crippen LogP contribution in [0.3, 0.4) is 0 Å². The fourth-order valence-corrected chi connectivity index (χ4v) is 1.91. The second kappa shape index (κ2) is 6.65. The first kappa shape index (κ1) is 14.0. The van der Waals surface area contributed by atoms with E-state index >= 15 is 0 Å². The van der Waals surface area contributed by atoms with Gasteiger partial charge in [-0.2, -0.15) is 4.98 Å². The molecule has 0 saturated heterocycles. The topological polar surface area (TPSA) is 49.8 Å². The molecule has 2 aromatic rings. The largest absolute Gasteiger partial charge is 0.369 e. The maximum atomic E-state index is 12.8. The molecule has 0 aliphatic heterocycles. The van der Waals surface area contributed by atoms with E-state index in [1.54, 1.807) is 18.3 Å². The van der Waals surface area contributed by atoms with E-state index in [9.17, 15) is 4.39 Å². The van der Waals surface area contributed by atoms with Crippen LogP contribution in [0.4, 0.5) is 21.8 Å². The lowest BCUT2D eigenvalue weighted by Crippen LogP contribution is -2.06. The first-order valence-corrected chi connectivity index (χ1v) is 7.06. The molecular weight excluding hydrogens is 358 g/mol. The standard InChI is InChI=1S/C13H14FIN4/c1-2-7-16-12-11(15)8-17-13(19-12)18-10-5-3-9(14)4-6-10/h3-6,8H,2,7H2,1H3,(H2,16,17,18,19). The normalized spacial score (nSPS) is 10.3. The van der Waals surface area contributed by atoms with Crippen LogP contribution in [0.5, 0.6) is 0 Å². The summed E-state index contributed by atoms with van der Waals surface area (Å²) in [6.07, 6.45) is 2.78. The number of nitrogens with one attached hydrogen (secondary N) is 2. The lowest BCUT2D eigenvalue weighted by atomic mass is 10.3. The van der Waals surface area contributed by atoms with E-state index < -0.39 is 0 Å². The fourth-order valence-electron chi connectivity index (χ4n) is 1.46. The molecule has 1 heterocycles. The summed E-state index contributed by atoms with van der Waals surface area (Å²) in [6, 6.07) is 6.09. The highest BCUT2D eigenvalue weighted by atomic mass is 127. The number of hydrogen-bond donors (Lipinski definition) is 2. The highest BCUT2D eigenvalue weighted by Crippen LogP contribution is 2.19. The Hall–Kier alpha value is -1.44. The summed E-state index contributed by atoms with van der Waals surface area (Å²) >= 11 is 2.19. The zero-order valence-electron chi connectivity index (χ0n) is 10.5. The predicted octanol–water partition coefficient (Wildman–Crippen LogP) is 3.79. The third-order valence-corrected chi connectivity index (χ3v) is 3.18. The van der Waals surface area contributed by atoms with Crippen LogP contribution >= 0.6 is 22.6 Å². The zero-order valence-corrected chi connectivity index (χ0v) is 12.6. The number of benzene rings is 1. The van der Waals surface area contributed by atoms with Crippen molar-refractivity contribution >= 4 is 40.0 Å². The SMILES string of the molecule is CCCNc1nc(Nc2ccc(F)cc2)ncc1I. The van der Waals surface area contributed by atoms with Crippen LogP contribution in [-0.4, -0.2) is 16.5 Å². The molecule has 0 saturated carbocycles. The monoisotopic (exact) mass is 372 g/mol. The molecule has 2 N–H and O–H groups in total. The van der Waals surface area contributed by atoms with Crippen LogP contribution < -0.4 is 10.6 Å². The van der Waals surface area contributed by atoms with Gasteiger partial charge in [0.05, 0.1) is 3.57 Å². The molecule has 0 radical (unpaired) electrons. The first-order chi connectivity index (χ1) is 9.19. The van der Waals surface area contributed by atoms with Crippen molar-refractivity contribution in [1.29, 1.82) is 0 Å². The van der Waals surface area contributed by atoms with Gasteiger partial charge in [0.1, 0.15) is 11.6 Å². The highest BCUT2D eigenvalue weighted by molar-refractivity contribution is 14.1. The first-order valence-electron chi connectivity index (χ1n) is 5.98. The van der Waals surface area contributed by atoms with Gasteiger partial charge in [-0.05, 0) is 53.3 Å². The van der Waals surface area contributed by atoms with Crippen molar-refractivity contribution in [2.45, 2.75) is 13.3 Å². The summed E-state index contributed by atoms with van der Waals surface area (Å²) < 4.78 is 13.8. The van der Waals surface area contributed by atoms with Crippen molar-refractivity contribution in [2.75, 3.05) is 17.2 Å².